The molecule has 0 aromatic heterocycles. The molecule has 1 aromatic carbocycles. The minimum atomic E-state index is -3.00. The largest absolute Gasteiger partial charge is 0.242 e. The number of rotatable bonds is 3. The average Bonchev–Trinajstić information content (AvgIpc) is 2.31. The summed E-state index contributed by atoms with van der Waals surface area (Å²) in [6.07, 6.45) is 1.38. The molecule has 1 radical (unpaired) electrons. The van der Waals surface area contributed by atoms with E-state index in [-0.39, 0.29) is 11.0 Å². The molecule has 0 amide bonds. The van der Waals surface area contributed by atoms with E-state index in [9.17, 15) is 8.42 Å². The van der Waals surface area contributed by atoms with Gasteiger partial charge in [0.25, 0.3) is 0 Å². The van der Waals surface area contributed by atoms with Crippen molar-refractivity contribution >= 4 is 9.84 Å². The zero-order chi connectivity index (χ0) is 11.4. The highest BCUT2D eigenvalue weighted by Gasteiger charge is 2.27. The van der Waals surface area contributed by atoms with Crippen LogP contribution in [0.4, 0.5) is 0 Å². The molecule has 0 atom stereocenters. The zero-order valence-corrected chi connectivity index (χ0v) is 9.99. The summed E-state index contributed by atoms with van der Waals surface area (Å²) in [5, 5.41) is 3.99. The Morgan fingerprint density at radius 3 is 2.38 bits per heavy atom. The molecule has 1 saturated heterocycles. The molecule has 0 bridgehead atoms. The van der Waals surface area contributed by atoms with Gasteiger partial charge in [0.15, 0.2) is 9.84 Å². The molecule has 1 aliphatic heterocycles. The first-order chi connectivity index (χ1) is 7.68. The maximum atomic E-state index is 12.1. The Morgan fingerprint density at radius 1 is 1.12 bits per heavy atom. The molecule has 1 fully saturated rings. The standard InChI is InChI=1S/C12H16NO2S/c14-16(15,12-6-8-13-9-7-12)10-11-4-2-1-3-5-11/h1-5,12H,6-10H2. The fourth-order valence-electron chi connectivity index (χ4n) is 2.01. The number of sulfone groups is 1. The highest BCUT2D eigenvalue weighted by atomic mass is 32.2. The number of piperidine rings is 1. The van der Waals surface area contributed by atoms with Crippen molar-refractivity contribution in [3.63, 3.8) is 0 Å². The summed E-state index contributed by atoms with van der Waals surface area (Å²) in [6.45, 7) is 1.39. The first-order valence-corrected chi connectivity index (χ1v) is 7.29. The van der Waals surface area contributed by atoms with Crippen molar-refractivity contribution in [3.05, 3.63) is 35.9 Å². The second-order valence-electron chi connectivity index (χ2n) is 4.16. The second kappa shape index (κ2) is 4.97. The van der Waals surface area contributed by atoms with Gasteiger partial charge >= 0.3 is 0 Å². The minimum Gasteiger partial charge on any atom is -0.242 e. The Morgan fingerprint density at radius 2 is 1.75 bits per heavy atom. The molecule has 16 heavy (non-hydrogen) atoms. The summed E-state index contributed by atoms with van der Waals surface area (Å²) in [4.78, 5) is 0. The van der Waals surface area contributed by atoms with Crippen molar-refractivity contribution in [2.45, 2.75) is 23.8 Å². The molecule has 2 rings (SSSR count). The molecule has 1 heterocycles. The number of hydrogen-bond donors (Lipinski definition) is 0. The Labute approximate surface area is 96.8 Å². The Bertz CT molecular complexity index is 422. The van der Waals surface area contributed by atoms with E-state index >= 15 is 0 Å². The van der Waals surface area contributed by atoms with Gasteiger partial charge in [0.2, 0.25) is 0 Å². The molecule has 0 unspecified atom stereocenters. The summed E-state index contributed by atoms with van der Waals surface area (Å²) in [6, 6.07) is 9.38. The predicted octanol–water partition coefficient (Wildman–Crippen LogP) is 1.37. The summed E-state index contributed by atoms with van der Waals surface area (Å²) in [7, 11) is -3.00. The number of benzene rings is 1. The molecule has 0 saturated carbocycles. The van der Waals surface area contributed by atoms with Gasteiger partial charge in [-0.2, -0.15) is 0 Å². The lowest BCUT2D eigenvalue weighted by atomic mass is 10.2. The summed E-state index contributed by atoms with van der Waals surface area (Å²) >= 11 is 0. The molecule has 0 spiro atoms. The van der Waals surface area contributed by atoms with Gasteiger partial charge in [-0.3, -0.25) is 0 Å². The molecule has 0 N–H and O–H groups in total. The molecule has 1 aromatic rings. The second-order valence-corrected chi connectivity index (χ2v) is 6.44. The van der Waals surface area contributed by atoms with Crippen LogP contribution in [-0.2, 0) is 15.6 Å². The van der Waals surface area contributed by atoms with Crippen molar-refractivity contribution in [2.24, 2.45) is 0 Å². The Balaban J connectivity index is 2.08. The van der Waals surface area contributed by atoms with E-state index in [1.54, 1.807) is 0 Å². The van der Waals surface area contributed by atoms with Crippen molar-refractivity contribution < 1.29 is 8.42 Å². The highest BCUT2D eigenvalue weighted by molar-refractivity contribution is 7.91. The van der Waals surface area contributed by atoms with E-state index in [0.717, 1.165) is 5.56 Å². The van der Waals surface area contributed by atoms with E-state index < -0.39 is 9.84 Å². The lowest BCUT2D eigenvalue weighted by molar-refractivity contribution is 0.490. The fraction of sp³-hybridized carbons (Fsp3) is 0.500. The van der Waals surface area contributed by atoms with Gasteiger partial charge in [-0.05, 0) is 18.4 Å². The number of hydrogen-bond acceptors (Lipinski definition) is 2. The molecule has 3 nitrogen and oxygen atoms in total. The third-order valence-corrected chi connectivity index (χ3v) is 5.16. The predicted molar refractivity (Wildman–Crippen MR) is 64.0 cm³/mol. The normalized spacial score (nSPS) is 18.5. The van der Waals surface area contributed by atoms with Gasteiger partial charge < -0.3 is 0 Å². The Hall–Kier alpha value is -0.870. The quantitative estimate of drug-likeness (QED) is 0.798. The van der Waals surface area contributed by atoms with Crippen LogP contribution < -0.4 is 5.32 Å². The van der Waals surface area contributed by atoms with Gasteiger partial charge in [0.1, 0.15) is 0 Å². The first-order valence-electron chi connectivity index (χ1n) is 5.57. The minimum absolute atomic E-state index is 0.165. The Kier molecular flexibility index (Phi) is 3.61. The van der Waals surface area contributed by atoms with Crippen molar-refractivity contribution in [3.8, 4) is 0 Å². The van der Waals surface area contributed by atoms with Crippen molar-refractivity contribution in [1.29, 1.82) is 0 Å². The zero-order valence-electron chi connectivity index (χ0n) is 9.17. The van der Waals surface area contributed by atoms with E-state index in [1.807, 2.05) is 30.3 Å². The van der Waals surface area contributed by atoms with Crippen LogP contribution in [0.15, 0.2) is 30.3 Å². The summed E-state index contributed by atoms with van der Waals surface area (Å²) < 4.78 is 24.2. The highest BCUT2D eigenvalue weighted by Crippen LogP contribution is 2.18. The van der Waals surface area contributed by atoms with Crippen LogP contribution in [0.2, 0.25) is 0 Å². The molecular weight excluding hydrogens is 222 g/mol. The third-order valence-electron chi connectivity index (χ3n) is 2.94. The van der Waals surface area contributed by atoms with Crippen LogP contribution in [0.1, 0.15) is 18.4 Å². The maximum Gasteiger partial charge on any atom is 0.157 e. The van der Waals surface area contributed by atoms with E-state index in [2.05, 4.69) is 5.32 Å². The smallest absolute Gasteiger partial charge is 0.157 e. The molecule has 4 heteroatoms. The average molecular weight is 238 g/mol. The number of nitrogens with zero attached hydrogens (tertiary/aromatic N) is 1. The van der Waals surface area contributed by atoms with Crippen LogP contribution in [0.25, 0.3) is 0 Å². The lowest BCUT2D eigenvalue weighted by Crippen LogP contribution is -2.33. The van der Waals surface area contributed by atoms with Crippen LogP contribution >= 0.6 is 0 Å². The van der Waals surface area contributed by atoms with Crippen LogP contribution in [0.5, 0.6) is 0 Å². The SMILES string of the molecule is O=S(=O)(Cc1ccccc1)C1CC[N]CC1. The van der Waals surface area contributed by atoms with Gasteiger partial charge in [0.05, 0.1) is 11.0 Å². The van der Waals surface area contributed by atoms with E-state index in [1.165, 1.54) is 0 Å². The monoisotopic (exact) mass is 238 g/mol. The topological polar surface area (TPSA) is 48.2 Å². The van der Waals surface area contributed by atoms with Crippen molar-refractivity contribution in [1.82, 2.24) is 5.32 Å². The first kappa shape index (κ1) is 11.6. The van der Waals surface area contributed by atoms with Crippen molar-refractivity contribution in [2.75, 3.05) is 13.1 Å². The van der Waals surface area contributed by atoms with E-state index in [0.29, 0.717) is 25.9 Å². The van der Waals surface area contributed by atoms with Crippen LogP contribution in [-0.4, -0.2) is 26.8 Å². The fourth-order valence-corrected chi connectivity index (χ4v) is 3.83. The summed E-state index contributed by atoms with van der Waals surface area (Å²) in [5.41, 5.74) is 0.880. The lowest BCUT2D eigenvalue weighted by Gasteiger charge is -2.21. The molecular formula is C12H16NO2S. The van der Waals surface area contributed by atoms with Gasteiger partial charge in [0, 0.05) is 13.1 Å². The van der Waals surface area contributed by atoms with Crippen LogP contribution in [0.3, 0.4) is 0 Å². The van der Waals surface area contributed by atoms with Gasteiger partial charge in [-0.25, -0.2) is 13.7 Å². The van der Waals surface area contributed by atoms with E-state index in [4.69, 9.17) is 0 Å². The maximum absolute atomic E-state index is 12.1. The van der Waals surface area contributed by atoms with Gasteiger partial charge in [-0.1, -0.05) is 30.3 Å². The third kappa shape index (κ3) is 2.83. The molecule has 87 valence electrons. The molecule has 1 aliphatic rings. The molecule has 0 aliphatic carbocycles. The van der Waals surface area contributed by atoms with Gasteiger partial charge in [-0.15, -0.1) is 0 Å². The summed E-state index contributed by atoms with van der Waals surface area (Å²) in [5.74, 6) is 0.165. The van der Waals surface area contributed by atoms with Crippen LogP contribution in [0, 0.1) is 0 Å².